The Hall–Kier alpha value is -0.580. The average molecular weight is 430 g/mol. The normalized spacial score (nSPS) is 10.5. The SMILES string of the molecule is NC(N)=N/N=C\c1cc(I)c(O)c(I)c1. The average Bonchev–Trinajstić information content (AvgIpc) is 2.13. The van der Waals surface area contributed by atoms with E-state index in [1.807, 2.05) is 45.2 Å². The molecular weight excluding hydrogens is 422 g/mol. The standard InChI is InChI=1S/C8H8I2N4O/c9-5-1-4(2-6(10)7(5)15)3-13-14-8(11)12/h1-3,15H,(H4,11,12,14)/b13-3-. The van der Waals surface area contributed by atoms with E-state index in [-0.39, 0.29) is 11.7 Å². The van der Waals surface area contributed by atoms with Crippen LogP contribution in [0.1, 0.15) is 5.56 Å². The molecule has 0 aliphatic heterocycles. The minimum absolute atomic E-state index is 0.0885. The Labute approximate surface area is 114 Å². The number of benzene rings is 1. The number of guanidine groups is 1. The van der Waals surface area contributed by atoms with E-state index in [1.165, 1.54) is 6.21 Å². The molecule has 0 heterocycles. The maximum Gasteiger partial charge on any atom is 0.211 e. The molecule has 0 fully saturated rings. The predicted molar refractivity (Wildman–Crippen MR) is 76.9 cm³/mol. The van der Waals surface area contributed by atoms with Crippen molar-refractivity contribution in [2.75, 3.05) is 0 Å². The molecular formula is C8H8I2N4O. The zero-order valence-electron chi connectivity index (χ0n) is 7.48. The number of hydrogen-bond acceptors (Lipinski definition) is 3. The number of aromatic hydroxyl groups is 1. The number of nitrogens with zero attached hydrogens (tertiary/aromatic N) is 2. The topological polar surface area (TPSA) is 97.0 Å². The quantitative estimate of drug-likeness (QED) is 0.285. The van der Waals surface area contributed by atoms with Gasteiger partial charge in [-0.3, -0.25) is 0 Å². The van der Waals surface area contributed by atoms with Crippen LogP contribution in [0.2, 0.25) is 0 Å². The molecule has 0 spiro atoms. The molecule has 0 radical (unpaired) electrons. The summed E-state index contributed by atoms with van der Waals surface area (Å²) in [5.41, 5.74) is 11.0. The van der Waals surface area contributed by atoms with E-state index < -0.39 is 0 Å². The van der Waals surface area contributed by atoms with Crippen molar-refractivity contribution >= 4 is 57.4 Å². The van der Waals surface area contributed by atoms with Gasteiger partial charge in [0.1, 0.15) is 5.75 Å². The fourth-order valence-electron chi connectivity index (χ4n) is 0.822. The van der Waals surface area contributed by atoms with Crippen LogP contribution in [-0.4, -0.2) is 17.3 Å². The van der Waals surface area contributed by atoms with Crippen molar-refractivity contribution in [1.82, 2.24) is 0 Å². The van der Waals surface area contributed by atoms with Crippen molar-refractivity contribution in [3.63, 3.8) is 0 Å². The first-order chi connectivity index (χ1) is 7.00. The lowest BCUT2D eigenvalue weighted by atomic mass is 10.2. The molecule has 5 N–H and O–H groups in total. The Morgan fingerprint density at radius 1 is 1.27 bits per heavy atom. The molecule has 0 atom stereocenters. The van der Waals surface area contributed by atoms with Crippen LogP contribution in [0.3, 0.4) is 0 Å². The third-order valence-corrected chi connectivity index (χ3v) is 3.06. The minimum Gasteiger partial charge on any atom is -0.506 e. The summed E-state index contributed by atoms with van der Waals surface area (Å²) in [7, 11) is 0. The van der Waals surface area contributed by atoms with Gasteiger partial charge < -0.3 is 16.6 Å². The van der Waals surface area contributed by atoms with Gasteiger partial charge in [0.2, 0.25) is 5.96 Å². The van der Waals surface area contributed by atoms with Gasteiger partial charge in [0.15, 0.2) is 0 Å². The molecule has 0 aromatic heterocycles. The monoisotopic (exact) mass is 430 g/mol. The van der Waals surface area contributed by atoms with Gasteiger partial charge in [-0.05, 0) is 62.9 Å². The first-order valence-electron chi connectivity index (χ1n) is 3.80. The van der Waals surface area contributed by atoms with Gasteiger partial charge in [-0.1, -0.05) is 0 Å². The van der Waals surface area contributed by atoms with Gasteiger partial charge >= 0.3 is 0 Å². The summed E-state index contributed by atoms with van der Waals surface area (Å²) in [6.07, 6.45) is 1.52. The molecule has 1 aromatic rings. The second-order valence-corrected chi connectivity index (χ2v) is 4.93. The van der Waals surface area contributed by atoms with Crippen molar-refractivity contribution < 1.29 is 5.11 Å². The Morgan fingerprint density at radius 2 is 1.80 bits per heavy atom. The molecule has 0 amide bonds. The smallest absolute Gasteiger partial charge is 0.211 e. The molecule has 1 aromatic carbocycles. The lowest BCUT2D eigenvalue weighted by Gasteiger charge is -2.01. The lowest BCUT2D eigenvalue weighted by Crippen LogP contribution is -2.21. The molecule has 80 valence electrons. The predicted octanol–water partition coefficient (Wildman–Crippen LogP) is 1.21. The van der Waals surface area contributed by atoms with Gasteiger partial charge in [0, 0.05) is 0 Å². The largest absolute Gasteiger partial charge is 0.506 e. The molecule has 0 saturated carbocycles. The third kappa shape index (κ3) is 3.81. The highest BCUT2D eigenvalue weighted by Gasteiger charge is 2.03. The summed E-state index contributed by atoms with van der Waals surface area (Å²) in [4.78, 5) is 0. The molecule has 0 aliphatic carbocycles. The fourth-order valence-corrected chi connectivity index (χ4v) is 2.64. The number of phenols is 1. The van der Waals surface area contributed by atoms with Gasteiger partial charge in [-0.2, -0.15) is 5.10 Å². The Bertz CT molecular complexity index is 404. The molecule has 1 rings (SSSR count). The van der Waals surface area contributed by atoms with Crippen LogP contribution in [0, 0.1) is 7.14 Å². The maximum atomic E-state index is 9.52. The van der Waals surface area contributed by atoms with Crippen molar-refractivity contribution in [3.8, 4) is 5.75 Å². The Kier molecular flexibility index (Phi) is 4.57. The Balaban J connectivity index is 2.98. The number of nitrogens with two attached hydrogens (primary N) is 2. The number of halogens is 2. The summed E-state index contributed by atoms with van der Waals surface area (Å²) < 4.78 is 1.51. The zero-order chi connectivity index (χ0) is 11.4. The molecule has 7 heteroatoms. The fraction of sp³-hybridized carbons (Fsp3) is 0. The van der Waals surface area contributed by atoms with E-state index in [2.05, 4.69) is 10.2 Å². The Morgan fingerprint density at radius 3 is 2.27 bits per heavy atom. The highest BCUT2D eigenvalue weighted by atomic mass is 127. The molecule has 0 unspecified atom stereocenters. The van der Waals surface area contributed by atoms with Crippen molar-refractivity contribution in [2.45, 2.75) is 0 Å². The van der Waals surface area contributed by atoms with E-state index in [0.717, 1.165) is 12.7 Å². The van der Waals surface area contributed by atoms with Gasteiger partial charge in [0.25, 0.3) is 0 Å². The first-order valence-corrected chi connectivity index (χ1v) is 5.96. The van der Waals surface area contributed by atoms with Crippen LogP contribution in [0.4, 0.5) is 0 Å². The van der Waals surface area contributed by atoms with Crippen LogP contribution in [0.25, 0.3) is 0 Å². The molecule has 0 saturated heterocycles. The van der Waals surface area contributed by atoms with Gasteiger partial charge in [0.05, 0.1) is 13.4 Å². The van der Waals surface area contributed by atoms with Crippen molar-refractivity contribution in [2.24, 2.45) is 21.7 Å². The summed E-state index contributed by atoms with van der Waals surface area (Å²) in [5, 5.41) is 16.7. The van der Waals surface area contributed by atoms with Crippen LogP contribution >= 0.6 is 45.2 Å². The van der Waals surface area contributed by atoms with Crippen molar-refractivity contribution in [3.05, 3.63) is 24.8 Å². The highest BCUT2D eigenvalue weighted by molar-refractivity contribution is 14.1. The third-order valence-electron chi connectivity index (χ3n) is 1.42. The van der Waals surface area contributed by atoms with Crippen molar-refractivity contribution in [1.29, 1.82) is 0 Å². The maximum absolute atomic E-state index is 9.52. The molecule has 0 bridgehead atoms. The highest BCUT2D eigenvalue weighted by Crippen LogP contribution is 2.26. The van der Waals surface area contributed by atoms with E-state index in [4.69, 9.17) is 11.5 Å². The van der Waals surface area contributed by atoms with Crippen LogP contribution < -0.4 is 11.5 Å². The van der Waals surface area contributed by atoms with E-state index >= 15 is 0 Å². The second kappa shape index (κ2) is 5.49. The first kappa shape index (κ1) is 12.5. The molecule has 5 nitrogen and oxygen atoms in total. The lowest BCUT2D eigenvalue weighted by molar-refractivity contribution is 0.467. The molecule has 15 heavy (non-hydrogen) atoms. The van der Waals surface area contributed by atoms with Gasteiger partial charge in [-0.15, -0.1) is 5.10 Å². The molecule has 0 aliphatic rings. The number of rotatable bonds is 2. The number of hydrogen-bond donors (Lipinski definition) is 3. The minimum atomic E-state index is -0.0885. The summed E-state index contributed by atoms with van der Waals surface area (Å²) in [6.45, 7) is 0. The van der Waals surface area contributed by atoms with Crippen LogP contribution in [-0.2, 0) is 0 Å². The van der Waals surface area contributed by atoms with E-state index in [9.17, 15) is 5.11 Å². The van der Waals surface area contributed by atoms with E-state index in [0.29, 0.717) is 0 Å². The van der Waals surface area contributed by atoms with Crippen LogP contribution in [0.5, 0.6) is 5.75 Å². The summed E-state index contributed by atoms with van der Waals surface area (Å²) >= 11 is 4.08. The van der Waals surface area contributed by atoms with Gasteiger partial charge in [-0.25, -0.2) is 0 Å². The number of phenolic OH excluding ortho intramolecular Hbond substituents is 1. The van der Waals surface area contributed by atoms with E-state index in [1.54, 1.807) is 12.1 Å². The second-order valence-electron chi connectivity index (χ2n) is 2.60. The summed E-state index contributed by atoms with van der Waals surface area (Å²) in [6, 6.07) is 3.56. The zero-order valence-corrected chi connectivity index (χ0v) is 11.8. The summed E-state index contributed by atoms with van der Waals surface area (Å²) in [5.74, 6) is 0.185. The van der Waals surface area contributed by atoms with Crippen LogP contribution in [0.15, 0.2) is 22.3 Å².